The maximum Gasteiger partial charge on any atom is 0.242 e. The van der Waals surface area contributed by atoms with Crippen molar-refractivity contribution >= 4 is 21.6 Å². The molecule has 1 unspecified atom stereocenters. The number of rotatable bonds is 5. The van der Waals surface area contributed by atoms with Crippen LogP contribution in [0.1, 0.15) is 12.5 Å². The molecule has 8 heteroatoms. The predicted octanol–water partition coefficient (Wildman–Crippen LogP) is 2.58. The summed E-state index contributed by atoms with van der Waals surface area (Å²) in [7, 11) is -3.93. The fourth-order valence-electron chi connectivity index (χ4n) is 1.92. The predicted molar refractivity (Wildman–Crippen MR) is 86.0 cm³/mol. The molecule has 0 saturated carbocycles. The molecule has 0 fully saturated rings. The van der Waals surface area contributed by atoms with Crippen LogP contribution in [0.4, 0.5) is 14.5 Å². The molecule has 0 bridgehead atoms. The summed E-state index contributed by atoms with van der Waals surface area (Å²) in [5, 5.41) is 2.05. The van der Waals surface area contributed by atoms with Gasteiger partial charge in [-0.15, -0.1) is 0 Å². The molecule has 0 aromatic heterocycles. The van der Waals surface area contributed by atoms with Crippen molar-refractivity contribution in [1.82, 2.24) is 4.72 Å². The van der Waals surface area contributed by atoms with Gasteiger partial charge in [-0.1, -0.05) is 23.8 Å². The van der Waals surface area contributed by atoms with E-state index in [1.54, 1.807) is 12.1 Å². The normalized spacial score (nSPS) is 12.7. The van der Waals surface area contributed by atoms with Crippen molar-refractivity contribution in [1.29, 1.82) is 0 Å². The minimum atomic E-state index is -3.93. The highest BCUT2D eigenvalue weighted by atomic mass is 32.2. The van der Waals surface area contributed by atoms with Gasteiger partial charge in [0, 0.05) is 0 Å². The fourth-order valence-corrected chi connectivity index (χ4v) is 3.12. The lowest BCUT2D eigenvalue weighted by atomic mass is 10.2. The van der Waals surface area contributed by atoms with Gasteiger partial charge in [-0.3, -0.25) is 4.79 Å². The lowest BCUT2D eigenvalue weighted by Crippen LogP contribution is -2.41. The molecule has 0 saturated heterocycles. The van der Waals surface area contributed by atoms with Crippen molar-refractivity contribution in [3.8, 4) is 0 Å². The second-order valence-electron chi connectivity index (χ2n) is 5.24. The SMILES string of the molecule is Cc1ccc(S(=O)(=O)NC(C)C(=O)Nc2c(F)cccc2F)cc1. The molecule has 5 nitrogen and oxygen atoms in total. The molecule has 128 valence electrons. The molecule has 0 radical (unpaired) electrons. The molecule has 1 atom stereocenters. The second kappa shape index (κ2) is 7.06. The maximum absolute atomic E-state index is 13.5. The number of hydrogen-bond acceptors (Lipinski definition) is 3. The summed E-state index contributed by atoms with van der Waals surface area (Å²) < 4.78 is 53.6. The first kappa shape index (κ1) is 18.0. The molecule has 2 aromatic carbocycles. The Kier molecular flexibility index (Phi) is 5.30. The standard InChI is InChI=1S/C16H16F2N2O3S/c1-10-6-8-12(9-7-10)24(22,23)20-11(2)16(21)19-15-13(17)4-3-5-14(15)18/h3-9,11,20H,1-2H3,(H,19,21). The van der Waals surface area contributed by atoms with E-state index < -0.39 is 39.3 Å². The molecule has 2 aromatic rings. The molecule has 24 heavy (non-hydrogen) atoms. The van der Waals surface area contributed by atoms with Crippen LogP contribution in [0, 0.1) is 18.6 Å². The Morgan fingerprint density at radius 3 is 2.12 bits per heavy atom. The molecule has 1 amide bonds. The highest BCUT2D eigenvalue weighted by molar-refractivity contribution is 7.89. The Labute approximate surface area is 138 Å². The summed E-state index contributed by atoms with van der Waals surface area (Å²) in [6.45, 7) is 3.09. The van der Waals surface area contributed by atoms with Crippen LogP contribution in [0.5, 0.6) is 0 Å². The molecule has 0 aliphatic rings. The number of aryl methyl sites for hydroxylation is 1. The van der Waals surface area contributed by atoms with Gasteiger partial charge in [0.05, 0.1) is 10.9 Å². The summed E-state index contributed by atoms with van der Waals surface area (Å²) in [4.78, 5) is 12.0. The quantitative estimate of drug-likeness (QED) is 0.867. The number of benzene rings is 2. The third-order valence-electron chi connectivity index (χ3n) is 3.27. The zero-order valence-corrected chi connectivity index (χ0v) is 13.8. The number of carbonyl (C=O) groups is 1. The van der Waals surface area contributed by atoms with Crippen LogP contribution in [0.3, 0.4) is 0 Å². The Balaban J connectivity index is 2.12. The van der Waals surface area contributed by atoms with Crippen molar-refractivity contribution in [2.75, 3.05) is 5.32 Å². The molecule has 0 spiro atoms. The van der Waals surface area contributed by atoms with E-state index in [4.69, 9.17) is 0 Å². The second-order valence-corrected chi connectivity index (χ2v) is 6.96. The highest BCUT2D eigenvalue weighted by Gasteiger charge is 2.23. The average Bonchev–Trinajstić information content (AvgIpc) is 2.51. The third-order valence-corrected chi connectivity index (χ3v) is 4.82. The zero-order valence-electron chi connectivity index (χ0n) is 13.0. The first-order valence-electron chi connectivity index (χ1n) is 7.04. The minimum absolute atomic E-state index is 0.00942. The lowest BCUT2D eigenvalue weighted by Gasteiger charge is -2.15. The average molecular weight is 354 g/mol. The van der Waals surface area contributed by atoms with Gasteiger partial charge in [-0.25, -0.2) is 17.2 Å². The molecule has 2 N–H and O–H groups in total. The van der Waals surface area contributed by atoms with Crippen LogP contribution in [0.2, 0.25) is 0 Å². The van der Waals surface area contributed by atoms with Crippen LogP contribution < -0.4 is 10.0 Å². The van der Waals surface area contributed by atoms with E-state index in [9.17, 15) is 22.0 Å². The monoisotopic (exact) mass is 354 g/mol. The molecular formula is C16H16F2N2O3S. The summed E-state index contributed by atoms with van der Waals surface area (Å²) in [6, 6.07) is 7.94. The third kappa shape index (κ3) is 4.15. The highest BCUT2D eigenvalue weighted by Crippen LogP contribution is 2.18. The van der Waals surface area contributed by atoms with E-state index in [1.165, 1.54) is 19.1 Å². The summed E-state index contributed by atoms with van der Waals surface area (Å²) >= 11 is 0. The van der Waals surface area contributed by atoms with E-state index >= 15 is 0 Å². The van der Waals surface area contributed by atoms with Crippen LogP contribution in [-0.2, 0) is 14.8 Å². The van der Waals surface area contributed by atoms with Gasteiger partial charge in [0.1, 0.15) is 17.3 Å². The van der Waals surface area contributed by atoms with Gasteiger partial charge >= 0.3 is 0 Å². The number of hydrogen-bond donors (Lipinski definition) is 2. The number of nitrogens with one attached hydrogen (secondary N) is 2. The van der Waals surface area contributed by atoms with Crippen molar-refractivity contribution in [3.63, 3.8) is 0 Å². The van der Waals surface area contributed by atoms with Crippen LogP contribution in [0.25, 0.3) is 0 Å². The molecule has 0 aliphatic heterocycles. The number of amides is 1. The van der Waals surface area contributed by atoms with Gasteiger partial charge in [0.25, 0.3) is 0 Å². The van der Waals surface area contributed by atoms with Crippen molar-refractivity contribution < 1.29 is 22.0 Å². The van der Waals surface area contributed by atoms with Crippen molar-refractivity contribution in [3.05, 3.63) is 59.7 Å². The lowest BCUT2D eigenvalue weighted by molar-refractivity contribution is -0.117. The van der Waals surface area contributed by atoms with Crippen molar-refractivity contribution in [2.45, 2.75) is 24.8 Å². The van der Waals surface area contributed by atoms with E-state index in [2.05, 4.69) is 4.72 Å². The summed E-state index contributed by atoms with van der Waals surface area (Å²) in [5.74, 6) is -2.77. The number of halogens is 2. The Bertz CT molecular complexity index is 832. The van der Waals surface area contributed by atoms with E-state index in [1.807, 2.05) is 12.2 Å². The number of para-hydroxylation sites is 1. The fraction of sp³-hybridized carbons (Fsp3) is 0.188. The summed E-state index contributed by atoms with van der Waals surface area (Å²) in [5.41, 5.74) is 0.263. The van der Waals surface area contributed by atoms with Gasteiger partial charge < -0.3 is 5.32 Å². The molecule has 2 rings (SSSR count). The topological polar surface area (TPSA) is 75.3 Å². The number of anilines is 1. The van der Waals surface area contributed by atoms with E-state index in [0.717, 1.165) is 23.8 Å². The van der Waals surface area contributed by atoms with Gasteiger partial charge in [0.2, 0.25) is 15.9 Å². The minimum Gasteiger partial charge on any atom is -0.320 e. The summed E-state index contributed by atoms with van der Waals surface area (Å²) in [6.07, 6.45) is 0. The van der Waals surface area contributed by atoms with Crippen LogP contribution >= 0.6 is 0 Å². The van der Waals surface area contributed by atoms with Crippen molar-refractivity contribution in [2.24, 2.45) is 0 Å². The Hall–Kier alpha value is -2.32. The number of sulfonamides is 1. The Morgan fingerprint density at radius 2 is 1.58 bits per heavy atom. The van der Waals surface area contributed by atoms with Crippen LogP contribution in [0.15, 0.2) is 47.4 Å². The van der Waals surface area contributed by atoms with Gasteiger partial charge in [-0.05, 0) is 38.1 Å². The van der Waals surface area contributed by atoms with Gasteiger partial charge in [0.15, 0.2) is 0 Å². The van der Waals surface area contributed by atoms with E-state index in [-0.39, 0.29) is 4.90 Å². The Morgan fingerprint density at radius 1 is 1.04 bits per heavy atom. The maximum atomic E-state index is 13.5. The first-order chi connectivity index (χ1) is 11.2. The van der Waals surface area contributed by atoms with Gasteiger partial charge in [-0.2, -0.15) is 4.72 Å². The first-order valence-corrected chi connectivity index (χ1v) is 8.53. The van der Waals surface area contributed by atoms with Crippen LogP contribution in [-0.4, -0.2) is 20.4 Å². The molecular weight excluding hydrogens is 338 g/mol. The molecule has 0 aliphatic carbocycles. The van der Waals surface area contributed by atoms with E-state index in [0.29, 0.717) is 0 Å². The molecule has 0 heterocycles. The zero-order chi connectivity index (χ0) is 17.9. The number of carbonyl (C=O) groups excluding carboxylic acids is 1. The smallest absolute Gasteiger partial charge is 0.242 e. The largest absolute Gasteiger partial charge is 0.320 e.